The minimum atomic E-state index is -0.524. The monoisotopic (exact) mass is 368 g/mol. The highest BCUT2D eigenvalue weighted by Gasteiger charge is 2.51. The largest absolute Gasteiger partial charge is 0.453 e. The van der Waals surface area contributed by atoms with Gasteiger partial charge in [0.1, 0.15) is 12.2 Å². The van der Waals surface area contributed by atoms with Crippen molar-refractivity contribution in [3.05, 3.63) is 71.3 Å². The van der Waals surface area contributed by atoms with E-state index in [1.54, 1.807) is 36.4 Å². The van der Waals surface area contributed by atoms with Crippen LogP contribution in [0.15, 0.2) is 54.6 Å². The van der Waals surface area contributed by atoms with Gasteiger partial charge in [-0.15, -0.1) is 0 Å². The van der Waals surface area contributed by atoms with E-state index in [4.69, 9.17) is 18.9 Å². The summed E-state index contributed by atoms with van der Waals surface area (Å²) in [4.78, 5) is 24.6. The maximum atomic E-state index is 12.3. The minimum absolute atomic E-state index is 0.215. The topological polar surface area (TPSA) is 71.1 Å². The predicted octanol–water partition coefficient (Wildman–Crippen LogP) is 2.54. The fraction of sp³-hybridized carbons (Fsp3) is 0.333. The van der Waals surface area contributed by atoms with Crippen LogP contribution in [0.1, 0.15) is 26.3 Å². The molecule has 0 aromatic heterocycles. The lowest BCUT2D eigenvalue weighted by atomic mass is 10.1. The van der Waals surface area contributed by atoms with Crippen molar-refractivity contribution in [1.82, 2.24) is 0 Å². The second-order valence-corrected chi connectivity index (χ2v) is 6.72. The molecular weight excluding hydrogens is 348 g/mol. The summed E-state index contributed by atoms with van der Waals surface area (Å²) in [5, 5.41) is 0. The zero-order chi connectivity index (χ0) is 18.8. The van der Waals surface area contributed by atoms with Gasteiger partial charge in [-0.05, 0) is 31.2 Å². The molecule has 27 heavy (non-hydrogen) atoms. The molecule has 2 saturated heterocycles. The highest BCUT2D eigenvalue weighted by atomic mass is 16.7. The first kappa shape index (κ1) is 17.7. The Bertz CT molecular complexity index is 816. The van der Waals surface area contributed by atoms with Gasteiger partial charge < -0.3 is 18.9 Å². The zero-order valence-electron chi connectivity index (χ0n) is 14.9. The van der Waals surface area contributed by atoms with Crippen LogP contribution in [0.5, 0.6) is 0 Å². The van der Waals surface area contributed by atoms with Crippen molar-refractivity contribution in [3.8, 4) is 0 Å². The molecule has 0 saturated carbocycles. The quantitative estimate of drug-likeness (QED) is 0.773. The fourth-order valence-corrected chi connectivity index (χ4v) is 3.31. The number of fused-ring (bicyclic) bond motifs is 1. The molecule has 2 heterocycles. The van der Waals surface area contributed by atoms with E-state index in [2.05, 4.69) is 0 Å². The van der Waals surface area contributed by atoms with Crippen LogP contribution in [0, 0.1) is 6.92 Å². The van der Waals surface area contributed by atoms with Crippen LogP contribution in [0.3, 0.4) is 0 Å². The highest BCUT2D eigenvalue weighted by molar-refractivity contribution is 5.90. The van der Waals surface area contributed by atoms with Crippen LogP contribution in [-0.2, 0) is 18.9 Å². The second kappa shape index (κ2) is 7.50. The van der Waals surface area contributed by atoms with Gasteiger partial charge in [0.25, 0.3) is 0 Å². The molecule has 2 aromatic carbocycles. The zero-order valence-corrected chi connectivity index (χ0v) is 14.9. The fourth-order valence-electron chi connectivity index (χ4n) is 3.31. The van der Waals surface area contributed by atoms with Gasteiger partial charge in [0.05, 0.1) is 24.3 Å². The molecule has 6 heteroatoms. The van der Waals surface area contributed by atoms with E-state index >= 15 is 0 Å². The predicted molar refractivity (Wildman–Crippen MR) is 95.5 cm³/mol. The second-order valence-electron chi connectivity index (χ2n) is 6.72. The molecule has 2 aliphatic rings. The smallest absolute Gasteiger partial charge is 0.338 e. The molecule has 2 aliphatic heterocycles. The van der Waals surface area contributed by atoms with E-state index in [1.807, 2.05) is 25.1 Å². The number of carbonyl (C=O) groups is 2. The molecule has 4 atom stereocenters. The number of esters is 2. The summed E-state index contributed by atoms with van der Waals surface area (Å²) in [5.41, 5.74) is 2.02. The van der Waals surface area contributed by atoms with Crippen LogP contribution in [-0.4, -0.2) is 49.6 Å². The van der Waals surface area contributed by atoms with Crippen molar-refractivity contribution in [2.24, 2.45) is 0 Å². The van der Waals surface area contributed by atoms with Crippen LogP contribution >= 0.6 is 0 Å². The Labute approximate surface area is 157 Å². The van der Waals surface area contributed by atoms with Gasteiger partial charge in [0.2, 0.25) is 0 Å². The Morgan fingerprint density at radius 2 is 1.26 bits per heavy atom. The lowest BCUT2D eigenvalue weighted by molar-refractivity contribution is -0.0287. The van der Waals surface area contributed by atoms with Crippen LogP contribution in [0.25, 0.3) is 0 Å². The van der Waals surface area contributed by atoms with E-state index in [0.717, 1.165) is 5.56 Å². The Hall–Kier alpha value is -2.70. The third kappa shape index (κ3) is 3.72. The van der Waals surface area contributed by atoms with Crippen molar-refractivity contribution >= 4 is 11.9 Å². The molecule has 4 rings (SSSR count). The van der Waals surface area contributed by atoms with Gasteiger partial charge in [0, 0.05) is 0 Å². The van der Waals surface area contributed by atoms with Gasteiger partial charge in [0.15, 0.2) is 12.2 Å². The lowest BCUT2D eigenvalue weighted by Gasteiger charge is -2.17. The lowest BCUT2D eigenvalue weighted by Crippen LogP contribution is -2.36. The molecule has 0 N–H and O–H groups in total. The Morgan fingerprint density at radius 1 is 0.778 bits per heavy atom. The summed E-state index contributed by atoms with van der Waals surface area (Å²) in [5.74, 6) is -0.842. The molecule has 0 spiro atoms. The van der Waals surface area contributed by atoms with Gasteiger partial charge in [-0.2, -0.15) is 0 Å². The molecule has 2 fully saturated rings. The molecule has 0 amide bonds. The van der Waals surface area contributed by atoms with Crippen LogP contribution in [0.2, 0.25) is 0 Å². The van der Waals surface area contributed by atoms with Crippen LogP contribution in [0.4, 0.5) is 0 Å². The van der Waals surface area contributed by atoms with E-state index in [9.17, 15) is 9.59 Å². The summed E-state index contributed by atoms with van der Waals surface area (Å²) in [7, 11) is 0. The summed E-state index contributed by atoms with van der Waals surface area (Å²) in [6.07, 6.45) is -1.92. The number of hydrogen-bond donors (Lipinski definition) is 0. The Kier molecular flexibility index (Phi) is 4.92. The van der Waals surface area contributed by atoms with Crippen LogP contribution < -0.4 is 0 Å². The van der Waals surface area contributed by atoms with Gasteiger partial charge >= 0.3 is 11.9 Å². The van der Waals surface area contributed by atoms with E-state index in [-0.39, 0.29) is 13.2 Å². The molecule has 0 radical (unpaired) electrons. The standard InChI is InChI=1S/C21H20O6/c1-13-7-9-15(10-8-13)21(23)27-17-12-25-18-16(11-24-19(17)18)26-20(22)14-5-3-2-4-6-14/h2-10,16-19H,11-12H2,1H3/t16-,17+,18-,19-/m1/s1. The SMILES string of the molecule is Cc1ccc(C(=O)O[C@H]2CO[C@H]3[C@@H]2OC[C@H]3OC(=O)c2ccccc2)cc1. The molecule has 0 aliphatic carbocycles. The van der Waals surface area contributed by atoms with E-state index in [1.165, 1.54) is 0 Å². The molecule has 140 valence electrons. The van der Waals surface area contributed by atoms with Gasteiger partial charge in [-0.1, -0.05) is 35.9 Å². The number of ether oxygens (including phenoxy) is 4. The average Bonchev–Trinajstić information content (AvgIpc) is 3.26. The molecular formula is C21H20O6. The first-order valence-electron chi connectivity index (χ1n) is 8.89. The van der Waals surface area contributed by atoms with E-state index in [0.29, 0.717) is 11.1 Å². The number of rotatable bonds is 4. The first-order valence-corrected chi connectivity index (χ1v) is 8.89. The average molecular weight is 368 g/mol. The van der Waals surface area contributed by atoms with Gasteiger partial charge in [-0.3, -0.25) is 0 Å². The number of benzene rings is 2. The molecule has 6 nitrogen and oxygen atoms in total. The Morgan fingerprint density at radius 3 is 1.78 bits per heavy atom. The van der Waals surface area contributed by atoms with Crippen molar-refractivity contribution in [3.63, 3.8) is 0 Å². The summed E-state index contributed by atoms with van der Waals surface area (Å²) in [6.45, 7) is 2.38. The van der Waals surface area contributed by atoms with E-state index < -0.39 is 36.4 Å². The van der Waals surface area contributed by atoms with Gasteiger partial charge in [-0.25, -0.2) is 9.59 Å². The third-order valence-corrected chi connectivity index (χ3v) is 4.78. The number of aryl methyl sites for hydroxylation is 1. The summed E-state index contributed by atoms with van der Waals surface area (Å²) in [6, 6.07) is 15.9. The minimum Gasteiger partial charge on any atom is -0.453 e. The Balaban J connectivity index is 1.36. The maximum Gasteiger partial charge on any atom is 0.338 e. The normalized spacial score (nSPS) is 26.4. The van der Waals surface area contributed by atoms with Crippen molar-refractivity contribution in [2.45, 2.75) is 31.3 Å². The summed E-state index contributed by atoms with van der Waals surface area (Å²) >= 11 is 0. The summed E-state index contributed by atoms with van der Waals surface area (Å²) < 4.78 is 22.5. The number of hydrogen-bond acceptors (Lipinski definition) is 6. The van der Waals surface area contributed by atoms with Crippen molar-refractivity contribution < 1.29 is 28.5 Å². The molecule has 0 bridgehead atoms. The maximum absolute atomic E-state index is 12.3. The molecule has 0 unspecified atom stereocenters. The molecule has 2 aromatic rings. The third-order valence-electron chi connectivity index (χ3n) is 4.78. The number of carbonyl (C=O) groups excluding carboxylic acids is 2. The van der Waals surface area contributed by atoms with Crippen molar-refractivity contribution in [1.29, 1.82) is 0 Å². The van der Waals surface area contributed by atoms with Crippen molar-refractivity contribution in [2.75, 3.05) is 13.2 Å². The highest BCUT2D eigenvalue weighted by Crippen LogP contribution is 2.31. The first-order chi connectivity index (χ1) is 13.1.